The zero-order valence-electron chi connectivity index (χ0n) is 7.83. The van der Waals surface area contributed by atoms with Gasteiger partial charge in [0.05, 0.1) is 13.7 Å². The van der Waals surface area contributed by atoms with Crippen LogP contribution in [0.25, 0.3) is 0 Å². The minimum absolute atomic E-state index is 0.0343. The molecule has 0 aliphatic carbocycles. The van der Waals surface area contributed by atoms with E-state index < -0.39 is 0 Å². The molecule has 0 aromatic heterocycles. The van der Waals surface area contributed by atoms with Crippen LogP contribution in [0.3, 0.4) is 0 Å². The lowest BCUT2D eigenvalue weighted by molar-refractivity contribution is 0.100. The SMILES string of the molecule is COc1cc(C)cc(C(=O)CN)c1. The maximum Gasteiger partial charge on any atom is 0.176 e. The summed E-state index contributed by atoms with van der Waals surface area (Å²) in [4.78, 5) is 11.3. The van der Waals surface area contributed by atoms with Crippen molar-refractivity contribution in [2.24, 2.45) is 5.73 Å². The first kappa shape index (κ1) is 9.74. The van der Waals surface area contributed by atoms with E-state index in [1.54, 1.807) is 19.2 Å². The van der Waals surface area contributed by atoms with E-state index in [0.717, 1.165) is 5.56 Å². The summed E-state index contributed by atoms with van der Waals surface area (Å²) in [5.74, 6) is 0.624. The first-order valence-corrected chi connectivity index (χ1v) is 4.06. The summed E-state index contributed by atoms with van der Waals surface area (Å²) in [6.45, 7) is 1.95. The molecule has 2 N–H and O–H groups in total. The minimum Gasteiger partial charge on any atom is -0.497 e. The molecule has 0 fully saturated rings. The lowest BCUT2D eigenvalue weighted by atomic mass is 10.1. The Balaban J connectivity index is 3.08. The third kappa shape index (κ3) is 2.29. The molecule has 0 saturated carbocycles. The number of methoxy groups -OCH3 is 1. The molecule has 0 saturated heterocycles. The smallest absolute Gasteiger partial charge is 0.176 e. The van der Waals surface area contributed by atoms with Crippen molar-refractivity contribution in [3.63, 3.8) is 0 Å². The summed E-state index contributed by atoms with van der Waals surface area (Å²) in [6.07, 6.45) is 0. The van der Waals surface area contributed by atoms with Gasteiger partial charge < -0.3 is 10.5 Å². The lowest BCUT2D eigenvalue weighted by Gasteiger charge is -2.04. The summed E-state index contributed by atoms with van der Waals surface area (Å²) >= 11 is 0. The van der Waals surface area contributed by atoms with Gasteiger partial charge in [0.25, 0.3) is 0 Å². The van der Waals surface area contributed by atoms with Crippen molar-refractivity contribution in [1.82, 2.24) is 0 Å². The van der Waals surface area contributed by atoms with Crippen molar-refractivity contribution >= 4 is 5.78 Å². The van der Waals surface area contributed by atoms with E-state index in [4.69, 9.17) is 10.5 Å². The second-order valence-electron chi connectivity index (χ2n) is 2.87. The highest BCUT2D eigenvalue weighted by Crippen LogP contribution is 2.16. The highest BCUT2D eigenvalue weighted by molar-refractivity contribution is 5.98. The molecule has 0 radical (unpaired) electrons. The van der Waals surface area contributed by atoms with E-state index in [-0.39, 0.29) is 12.3 Å². The summed E-state index contributed by atoms with van der Waals surface area (Å²) in [6, 6.07) is 5.37. The highest BCUT2D eigenvalue weighted by atomic mass is 16.5. The Morgan fingerprint density at radius 3 is 2.69 bits per heavy atom. The second kappa shape index (κ2) is 4.05. The van der Waals surface area contributed by atoms with Crippen LogP contribution in [0.1, 0.15) is 15.9 Å². The van der Waals surface area contributed by atoms with Gasteiger partial charge in [-0.2, -0.15) is 0 Å². The molecule has 0 heterocycles. The number of Topliss-reactive ketones (excluding diaryl/α,β-unsaturated/α-hetero) is 1. The molecule has 3 heteroatoms. The molecule has 0 aliphatic rings. The quantitative estimate of drug-likeness (QED) is 0.708. The van der Waals surface area contributed by atoms with Gasteiger partial charge in [0.1, 0.15) is 5.75 Å². The number of rotatable bonds is 3. The molecule has 1 rings (SSSR count). The van der Waals surface area contributed by atoms with Crippen LogP contribution in [0.5, 0.6) is 5.75 Å². The zero-order valence-corrected chi connectivity index (χ0v) is 7.83. The predicted molar refractivity (Wildman–Crippen MR) is 51.1 cm³/mol. The topological polar surface area (TPSA) is 52.3 Å². The second-order valence-corrected chi connectivity index (χ2v) is 2.87. The van der Waals surface area contributed by atoms with Crippen molar-refractivity contribution in [2.45, 2.75) is 6.92 Å². The van der Waals surface area contributed by atoms with E-state index in [9.17, 15) is 4.79 Å². The number of aryl methyl sites for hydroxylation is 1. The van der Waals surface area contributed by atoms with Gasteiger partial charge in [-0.3, -0.25) is 4.79 Å². The fraction of sp³-hybridized carbons (Fsp3) is 0.300. The van der Waals surface area contributed by atoms with Gasteiger partial charge in [-0.15, -0.1) is 0 Å². The summed E-state index contributed by atoms with van der Waals surface area (Å²) in [5.41, 5.74) is 6.86. The maximum atomic E-state index is 11.3. The molecular formula is C10H13NO2. The van der Waals surface area contributed by atoms with Crippen molar-refractivity contribution in [2.75, 3.05) is 13.7 Å². The van der Waals surface area contributed by atoms with Gasteiger partial charge in [-0.1, -0.05) is 0 Å². The number of ether oxygens (including phenoxy) is 1. The molecule has 70 valence electrons. The molecular weight excluding hydrogens is 166 g/mol. The number of nitrogens with two attached hydrogens (primary N) is 1. The number of carbonyl (C=O) groups is 1. The zero-order chi connectivity index (χ0) is 9.84. The Kier molecular flexibility index (Phi) is 3.03. The molecule has 0 aliphatic heterocycles. The van der Waals surface area contributed by atoms with Crippen LogP contribution >= 0.6 is 0 Å². The molecule has 0 atom stereocenters. The fourth-order valence-electron chi connectivity index (χ4n) is 1.14. The minimum atomic E-state index is -0.0676. The van der Waals surface area contributed by atoms with Gasteiger partial charge in [0.2, 0.25) is 0 Å². The number of ketones is 1. The third-order valence-electron chi connectivity index (χ3n) is 1.79. The van der Waals surface area contributed by atoms with Gasteiger partial charge in [-0.05, 0) is 30.7 Å². The third-order valence-corrected chi connectivity index (χ3v) is 1.79. The molecule has 13 heavy (non-hydrogen) atoms. The van der Waals surface area contributed by atoms with Crippen LogP contribution in [-0.2, 0) is 0 Å². The number of carbonyl (C=O) groups excluding carboxylic acids is 1. The average molecular weight is 179 g/mol. The molecule has 1 aromatic carbocycles. The van der Waals surface area contributed by atoms with E-state index in [2.05, 4.69) is 0 Å². The molecule has 3 nitrogen and oxygen atoms in total. The summed E-state index contributed by atoms with van der Waals surface area (Å²) < 4.78 is 5.04. The Morgan fingerprint density at radius 2 is 2.15 bits per heavy atom. The van der Waals surface area contributed by atoms with E-state index in [0.29, 0.717) is 11.3 Å². The predicted octanol–water partition coefficient (Wildman–Crippen LogP) is 1.15. The standard InChI is InChI=1S/C10H13NO2/c1-7-3-8(10(12)6-11)5-9(4-7)13-2/h3-5H,6,11H2,1-2H3. The molecule has 0 bridgehead atoms. The van der Waals surface area contributed by atoms with Crippen molar-refractivity contribution in [3.05, 3.63) is 29.3 Å². The van der Waals surface area contributed by atoms with E-state index in [1.165, 1.54) is 0 Å². The van der Waals surface area contributed by atoms with Crippen LogP contribution in [0.4, 0.5) is 0 Å². The summed E-state index contributed by atoms with van der Waals surface area (Å²) in [7, 11) is 1.57. The van der Waals surface area contributed by atoms with Crippen LogP contribution in [-0.4, -0.2) is 19.4 Å². The van der Waals surface area contributed by atoms with Crippen molar-refractivity contribution in [1.29, 1.82) is 0 Å². The van der Waals surface area contributed by atoms with Crippen molar-refractivity contribution in [3.8, 4) is 5.75 Å². The number of hydrogen-bond acceptors (Lipinski definition) is 3. The van der Waals surface area contributed by atoms with Crippen LogP contribution < -0.4 is 10.5 Å². The van der Waals surface area contributed by atoms with Crippen LogP contribution in [0, 0.1) is 6.92 Å². The first-order valence-electron chi connectivity index (χ1n) is 4.06. The Hall–Kier alpha value is -1.35. The van der Waals surface area contributed by atoms with E-state index in [1.807, 2.05) is 13.0 Å². The first-order chi connectivity index (χ1) is 6.17. The molecule has 1 aromatic rings. The molecule has 0 spiro atoms. The van der Waals surface area contributed by atoms with Crippen LogP contribution in [0.2, 0.25) is 0 Å². The maximum absolute atomic E-state index is 11.3. The van der Waals surface area contributed by atoms with Crippen molar-refractivity contribution < 1.29 is 9.53 Å². The monoisotopic (exact) mass is 179 g/mol. The number of hydrogen-bond donors (Lipinski definition) is 1. The Morgan fingerprint density at radius 1 is 1.46 bits per heavy atom. The van der Waals surface area contributed by atoms with Gasteiger partial charge >= 0.3 is 0 Å². The molecule has 0 unspecified atom stereocenters. The molecule has 0 amide bonds. The highest BCUT2D eigenvalue weighted by Gasteiger charge is 2.05. The Labute approximate surface area is 77.5 Å². The lowest BCUT2D eigenvalue weighted by Crippen LogP contribution is -2.13. The van der Waals surface area contributed by atoms with Gasteiger partial charge in [0.15, 0.2) is 5.78 Å². The average Bonchev–Trinajstić information content (AvgIpc) is 2.15. The summed E-state index contributed by atoms with van der Waals surface area (Å²) in [5, 5.41) is 0. The fourth-order valence-corrected chi connectivity index (χ4v) is 1.14. The van der Waals surface area contributed by atoms with E-state index >= 15 is 0 Å². The normalized spacial score (nSPS) is 9.77. The number of benzene rings is 1. The van der Waals surface area contributed by atoms with Gasteiger partial charge in [0, 0.05) is 5.56 Å². The largest absolute Gasteiger partial charge is 0.497 e. The Bertz CT molecular complexity index is 321. The van der Waals surface area contributed by atoms with Crippen LogP contribution in [0.15, 0.2) is 18.2 Å². The van der Waals surface area contributed by atoms with Gasteiger partial charge in [-0.25, -0.2) is 0 Å².